The highest BCUT2D eigenvalue weighted by atomic mass is 32.2. The molecular formula is C13H25NO2S. The fourth-order valence-electron chi connectivity index (χ4n) is 2.82. The van der Waals surface area contributed by atoms with E-state index in [1.165, 1.54) is 12.8 Å². The Hall–Kier alpha value is 0.230. The van der Waals surface area contributed by atoms with Gasteiger partial charge < -0.3 is 15.2 Å². The Balaban J connectivity index is 1.83. The largest absolute Gasteiger partial charge is 0.381 e. The van der Waals surface area contributed by atoms with Crippen molar-refractivity contribution in [2.24, 2.45) is 5.73 Å². The first-order valence-electron chi connectivity index (χ1n) is 6.81. The van der Waals surface area contributed by atoms with Crippen LogP contribution in [0.25, 0.3) is 0 Å². The zero-order chi connectivity index (χ0) is 12.1. The lowest BCUT2D eigenvalue weighted by Gasteiger charge is -2.43. The third kappa shape index (κ3) is 3.85. The number of rotatable bonds is 4. The molecule has 17 heavy (non-hydrogen) atoms. The molecule has 0 radical (unpaired) electrons. The number of thioether (sulfide) groups is 1. The van der Waals surface area contributed by atoms with Crippen LogP contribution in [0.15, 0.2) is 0 Å². The van der Waals surface area contributed by atoms with Crippen molar-refractivity contribution in [2.45, 2.75) is 55.1 Å². The van der Waals surface area contributed by atoms with E-state index in [-0.39, 0.29) is 5.60 Å². The van der Waals surface area contributed by atoms with Crippen molar-refractivity contribution >= 4 is 11.8 Å². The van der Waals surface area contributed by atoms with Gasteiger partial charge in [0.1, 0.15) is 0 Å². The number of hydrogen-bond acceptors (Lipinski definition) is 4. The highest BCUT2D eigenvalue weighted by molar-refractivity contribution is 8.00. The Morgan fingerprint density at radius 3 is 2.82 bits per heavy atom. The molecule has 2 rings (SSSR count). The van der Waals surface area contributed by atoms with Crippen LogP contribution < -0.4 is 5.73 Å². The van der Waals surface area contributed by atoms with E-state index in [0.29, 0.717) is 5.25 Å². The molecule has 3 nitrogen and oxygen atoms in total. The average molecular weight is 259 g/mol. The fraction of sp³-hybridized carbons (Fsp3) is 1.00. The third-order valence-corrected chi connectivity index (χ3v) is 5.34. The van der Waals surface area contributed by atoms with Crippen LogP contribution in [0.1, 0.15) is 39.0 Å². The SMILES string of the molecule is CC(CCN)SC1CCOC2(CCOCC2)C1. The molecule has 2 unspecified atom stereocenters. The second-order valence-electron chi connectivity index (χ2n) is 5.28. The van der Waals surface area contributed by atoms with Gasteiger partial charge in [-0.25, -0.2) is 0 Å². The zero-order valence-electron chi connectivity index (χ0n) is 10.8. The average Bonchev–Trinajstić information content (AvgIpc) is 2.30. The molecule has 0 aromatic rings. The molecule has 0 saturated carbocycles. The Bertz CT molecular complexity index is 226. The maximum Gasteiger partial charge on any atom is 0.0736 e. The number of nitrogens with two attached hydrogens (primary N) is 1. The van der Waals surface area contributed by atoms with E-state index < -0.39 is 0 Å². The summed E-state index contributed by atoms with van der Waals surface area (Å²) in [5.41, 5.74) is 5.75. The first-order chi connectivity index (χ1) is 8.24. The molecule has 2 aliphatic rings. The summed E-state index contributed by atoms with van der Waals surface area (Å²) < 4.78 is 11.5. The van der Waals surface area contributed by atoms with Gasteiger partial charge in [0.15, 0.2) is 0 Å². The lowest BCUT2D eigenvalue weighted by molar-refractivity contribution is -0.131. The predicted octanol–water partition coefficient (Wildman–Crippen LogP) is 2.19. The van der Waals surface area contributed by atoms with E-state index in [1.807, 2.05) is 0 Å². The minimum atomic E-state index is 0.136. The minimum Gasteiger partial charge on any atom is -0.381 e. The van der Waals surface area contributed by atoms with Gasteiger partial charge in [-0.15, -0.1) is 0 Å². The molecule has 2 atom stereocenters. The Morgan fingerprint density at radius 1 is 1.35 bits per heavy atom. The van der Waals surface area contributed by atoms with Crippen molar-refractivity contribution in [3.63, 3.8) is 0 Å². The van der Waals surface area contributed by atoms with Crippen LogP contribution in [0.4, 0.5) is 0 Å². The van der Waals surface area contributed by atoms with Crippen LogP contribution in [-0.4, -0.2) is 42.5 Å². The van der Waals surface area contributed by atoms with Gasteiger partial charge in [0.2, 0.25) is 0 Å². The second kappa shape index (κ2) is 6.41. The van der Waals surface area contributed by atoms with Crippen molar-refractivity contribution in [3.05, 3.63) is 0 Å². The molecule has 0 amide bonds. The molecule has 0 aromatic carbocycles. The van der Waals surface area contributed by atoms with Gasteiger partial charge >= 0.3 is 0 Å². The first-order valence-corrected chi connectivity index (χ1v) is 7.76. The van der Waals surface area contributed by atoms with E-state index in [4.69, 9.17) is 15.2 Å². The summed E-state index contributed by atoms with van der Waals surface area (Å²) >= 11 is 2.11. The molecule has 4 heteroatoms. The molecule has 0 aliphatic carbocycles. The summed E-state index contributed by atoms with van der Waals surface area (Å²) in [6.45, 7) is 5.76. The van der Waals surface area contributed by atoms with E-state index >= 15 is 0 Å². The number of hydrogen-bond donors (Lipinski definition) is 1. The van der Waals surface area contributed by atoms with Crippen LogP contribution in [0.3, 0.4) is 0 Å². The van der Waals surface area contributed by atoms with Gasteiger partial charge in [-0.2, -0.15) is 11.8 Å². The number of ether oxygens (including phenoxy) is 2. The summed E-state index contributed by atoms with van der Waals surface area (Å²) in [5, 5.41) is 1.43. The van der Waals surface area contributed by atoms with Crippen LogP contribution >= 0.6 is 11.8 Å². The monoisotopic (exact) mass is 259 g/mol. The summed E-state index contributed by atoms with van der Waals surface area (Å²) in [6.07, 6.45) is 5.68. The molecule has 2 aliphatic heterocycles. The summed E-state index contributed by atoms with van der Waals surface area (Å²) in [7, 11) is 0. The molecular weight excluding hydrogens is 234 g/mol. The van der Waals surface area contributed by atoms with Crippen LogP contribution in [0.2, 0.25) is 0 Å². The third-order valence-electron chi connectivity index (χ3n) is 3.85. The lowest BCUT2D eigenvalue weighted by Crippen LogP contribution is -2.45. The zero-order valence-corrected chi connectivity index (χ0v) is 11.6. The summed E-state index contributed by atoms with van der Waals surface area (Å²) in [4.78, 5) is 0. The Kier molecular flexibility index (Phi) is 5.15. The highest BCUT2D eigenvalue weighted by Gasteiger charge is 2.39. The fourth-order valence-corrected chi connectivity index (χ4v) is 4.38. The molecule has 0 aromatic heterocycles. The molecule has 2 heterocycles. The normalized spacial score (nSPS) is 30.4. The van der Waals surface area contributed by atoms with Crippen LogP contribution in [0.5, 0.6) is 0 Å². The van der Waals surface area contributed by atoms with Crippen molar-refractivity contribution in [3.8, 4) is 0 Å². The summed E-state index contributed by atoms with van der Waals surface area (Å²) in [6, 6.07) is 0. The van der Waals surface area contributed by atoms with Gasteiger partial charge in [0, 0.05) is 30.3 Å². The van der Waals surface area contributed by atoms with Crippen molar-refractivity contribution in [2.75, 3.05) is 26.4 Å². The van der Waals surface area contributed by atoms with Gasteiger partial charge in [-0.3, -0.25) is 0 Å². The predicted molar refractivity (Wildman–Crippen MR) is 72.5 cm³/mol. The van der Waals surface area contributed by atoms with Gasteiger partial charge in [-0.05, 0) is 38.6 Å². The van der Waals surface area contributed by atoms with Crippen molar-refractivity contribution in [1.82, 2.24) is 0 Å². The van der Waals surface area contributed by atoms with Crippen LogP contribution in [0, 0.1) is 0 Å². The van der Waals surface area contributed by atoms with Gasteiger partial charge in [0.25, 0.3) is 0 Å². The molecule has 2 fully saturated rings. The Morgan fingerprint density at radius 2 is 2.12 bits per heavy atom. The van der Waals surface area contributed by atoms with E-state index in [1.54, 1.807) is 0 Å². The van der Waals surface area contributed by atoms with Crippen LogP contribution in [-0.2, 0) is 9.47 Å². The van der Waals surface area contributed by atoms with E-state index in [2.05, 4.69) is 18.7 Å². The van der Waals surface area contributed by atoms with E-state index in [0.717, 1.165) is 50.9 Å². The van der Waals surface area contributed by atoms with E-state index in [9.17, 15) is 0 Å². The highest BCUT2D eigenvalue weighted by Crippen LogP contribution is 2.39. The van der Waals surface area contributed by atoms with Gasteiger partial charge in [-0.1, -0.05) is 6.92 Å². The Labute approximate surface area is 109 Å². The summed E-state index contributed by atoms with van der Waals surface area (Å²) in [5.74, 6) is 0. The maximum atomic E-state index is 6.06. The topological polar surface area (TPSA) is 44.5 Å². The molecule has 2 N–H and O–H groups in total. The maximum absolute atomic E-state index is 6.06. The quantitative estimate of drug-likeness (QED) is 0.840. The second-order valence-corrected chi connectivity index (χ2v) is 7.03. The van der Waals surface area contributed by atoms with Crippen molar-refractivity contribution in [1.29, 1.82) is 0 Å². The smallest absolute Gasteiger partial charge is 0.0736 e. The minimum absolute atomic E-state index is 0.136. The molecule has 100 valence electrons. The van der Waals surface area contributed by atoms with Gasteiger partial charge in [0.05, 0.1) is 5.60 Å². The lowest BCUT2D eigenvalue weighted by atomic mass is 9.86. The molecule has 2 saturated heterocycles. The molecule has 1 spiro atoms. The van der Waals surface area contributed by atoms with Crippen molar-refractivity contribution < 1.29 is 9.47 Å². The standard InChI is InChI=1S/C13H25NO2S/c1-11(2-6-14)17-12-3-7-16-13(10-12)4-8-15-9-5-13/h11-12H,2-10,14H2,1H3. The molecule has 0 bridgehead atoms. The first kappa shape index (κ1) is 13.7.